The first-order valence-electron chi connectivity index (χ1n) is 6.88. The highest BCUT2D eigenvalue weighted by atomic mass is 16.5. The molecule has 1 aromatic carbocycles. The number of esters is 1. The zero-order chi connectivity index (χ0) is 14.6. The van der Waals surface area contributed by atoms with Crippen LogP contribution in [0.25, 0.3) is 0 Å². The predicted molar refractivity (Wildman–Crippen MR) is 78.0 cm³/mol. The zero-order valence-electron chi connectivity index (χ0n) is 12.1. The van der Waals surface area contributed by atoms with Gasteiger partial charge in [-0.05, 0) is 31.9 Å². The number of carbonyl (C=O) groups is 1. The van der Waals surface area contributed by atoms with Crippen molar-refractivity contribution >= 4 is 11.7 Å². The monoisotopic (exact) mass is 278 g/mol. The van der Waals surface area contributed by atoms with E-state index < -0.39 is 5.54 Å². The Hall–Kier alpha value is -1.75. The molecule has 0 radical (unpaired) electrons. The van der Waals surface area contributed by atoms with Gasteiger partial charge in [0.1, 0.15) is 11.3 Å². The minimum Gasteiger partial charge on any atom is -0.491 e. The van der Waals surface area contributed by atoms with E-state index in [2.05, 4.69) is 4.90 Å². The van der Waals surface area contributed by atoms with Crippen LogP contribution in [0.5, 0.6) is 5.75 Å². The van der Waals surface area contributed by atoms with Crippen molar-refractivity contribution in [3.63, 3.8) is 0 Å². The van der Waals surface area contributed by atoms with Crippen molar-refractivity contribution in [1.82, 2.24) is 0 Å². The number of hydrogen-bond acceptors (Lipinski definition) is 5. The highest BCUT2D eigenvalue weighted by Crippen LogP contribution is 2.30. The average Bonchev–Trinajstić information content (AvgIpc) is 2.66. The van der Waals surface area contributed by atoms with E-state index in [4.69, 9.17) is 15.2 Å². The van der Waals surface area contributed by atoms with Crippen LogP contribution in [0, 0.1) is 0 Å². The van der Waals surface area contributed by atoms with Gasteiger partial charge in [-0.25, -0.2) is 0 Å². The lowest BCUT2D eigenvalue weighted by Crippen LogP contribution is -2.48. The predicted octanol–water partition coefficient (Wildman–Crippen LogP) is 1.56. The van der Waals surface area contributed by atoms with E-state index in [1.165, 1.54) is 7.11 Å². The van der Waals surface area contributed by atoms with Gasteiger partial charge in [-0.15, -0.1) is 0 Å². The molecule has 1 aromatic rings. The molecule has 0 saturated carbocycles. The van der Waals surface area contributed by atoms with Gasteiger partial charge in [0.05, 0.1) is 19.4 Å². The SMILES string of the molecule is COC(=O)C(C)(N)CCN1CCCOc2ccccc21. The number of benzene rings is 1. The Morgan fingerprint density at radius 3 is 3.00 bits per heavy atom. The Labute approximate surface area is 119 Å². The Kier molecular flexibility index (Phi) is 4.49. The minimum absolute atomic E-state index is 0.378. The molecule has 0 fully saturated rings. The fourth-order valence-electron chi connectivity index (χ4n) is 2.33. The van der Waals surface area contributed by atoms with Crippen LogP contribution in [0.3, 0.4) is 0 Å². The number of fused-ring (bicyclic) bond motifs is 1. The van der Waals surface area contributed by atoms with E-state index >= 15 is 0 Å². The van der Waals surface area contributed by atoms with Gasteiger partial charge >= 0.3 is 5.97 Å². The number of para-hydroxylation sites is 2. The highest BCUT2D eigenvalue weighted by molar-refractivity contribution is 5.79. The van der Waals surface area contributed by atoms with Crippen molar-refractivity contribution in [2.45, 2.75) is 25.3 Å². The minimum atomic E-state index is -0.961. The van der Waals surface area contributed by atoms with Gasteiger partial charge < -0.3 is 20.1 Å². The van der Waals surface area contributed by atoms with Gasteiger partial charge in [-0.1, -0.05) is 12.1 Å². The van der Waals surface area contributed by atoms with Gasteiger partial charge in [-0.3, -0.25) is 4.79 Å². The van der Waals surface area contributed by atoms with Crippen LogP contribution in [0.4, 0.5) is 5.69 Å². The van der Waals surface area contributed by atoms with E-state index in [-0.39, 0.29) is 5.97 Å². The number of rotatable bonds is 4. The molecule has 0 bridgehead atoms. The second kappa shape index (κ2) is 6.13. The molecular formula is C15H22N2O3. The van der Waals surface area contributed by atoms with Crippen LogP contribution in [-0.4, -0.2) is 38.3 Å². The summed E-state index contributed by atoms with van der Waals surface area (Å²) < 4.78 is 10.5. The van der Waals surface area contributed by atoms with Crippen molar-refractivity contribution < 1.29 is 14.3 Å². The number of methoxy groups -OCH3 is 1. The molecular weight excluding hydrogens is 256 g/mol. The number of anilines is 1. The molecule has 1 unspecified atom stereocenters. The molecule has 0 spiro atoms. The first-order chi connectivity index (χ1) is 9.54. The van der Waals surface area contributed by atoms with Gasteiger partial charge in [0, 0.05) is 13.1 Å². The number of hydrogen-bond donors (Lipinski definition) is 1. The second-order valence-electron chi connectivity index (χ2n) is 5.32. The number of carbonyl (C=O) groups excluding carboxylic acids is 1. The summed E-state index contributed by atoms with van der Waals surface area (Å²) in [7, 11) is 1.36. The molecule has 1 aliphatic rings. The third-order valence-electron chi connectivity index (χ3n) is 3.59. The number of nitrogens with two attached hydrogens (primary N) is 1. The van der Waals surface area contributed by atoms with E-state index in [0.29, 0.717) is 19.6 Å². The van der Waals surface area contributed by atoms with Crippen LogP contribution in [0.15, 0.2) is 24.3 Å². The average molecular weight is 278 g/mol. The maximum Gasteiger partial charge on any atom is 0.325 e. The van der Waals surface area contributed by atoms with E-state index in [9.17, 15) is 4.79 Å². The van der Waals surface area contributed by atoms with Crippen LogP contribution in [0.1, 0.15) is 19.8 Å². The van der Waals surface area contributed by atoms with Gasteiger partial charge in [0.15, 0.2) is 0 Å². The summed E-state index contributed by atoms with van der Waals surface area (Å²) in [6.07, 6.45) is 1.49. The lowest BCUT2D eigenvalue weighted by Gasteiger charge is -2.28. The lowest BCUT2D eigenvalue weighted by atomic mass is 9.99. The number of nitrogens with zero attached hydrogens (tertiary/aromatic N) is 1. The van der Waals surface area contributed by atoms with Gasteiger partial charge in [0.25, 0.3) is 0 Å². The summed E-state index contributed by atoms with van der Waals surface area (Å²) >= 11 is 0. The molecule has 5 heteroatoms. The largest absolute Gasteiger partial charge is 0.491 e. The highest BCUT2D eigenvalue weighted by Gasteiger charge is 2.30. The summed E-state index contributed by atoms with van der Waals surface area (Å²) in [4.78, 5) is 13.8. The Morgan fingerprint density at radius 2 is 2.25 bits per heavy atom. The quantitative estimate of drug-likeness (QED) is 0.847. The van der Waals surface area contributed by atoms with Crippen LogP contribution in [0.2, 0.25) is 0 Å². The molecule has 110 valence electrons. The molecule has 2 N–H and O–H groups in total. The molecule has 5 nitrogen and oxygen atoms in total. The Bertz CT molecular complexity index is 474. The molecule has 1 atom stereocenters. The fourth-order valence-corrected chi connectivity index (χ4v) is 2.33. The first kappa shape index (κ1) is 14.7. The van der Waals surface area contributed by atoms with E-state index in [0.717, 1.165) is 24.4 Å². The molecule has 0 saturated heterocycles. The molecule has 20 heavy (non-hydrogen) atoms. The fraction of sp³-hybridized carbons (Fsp3) is 0.533. The summed E-state index contributed by atoms with van der Waals surface area (Å²) in [5.41, 5.74) is 6.11. The second-order valence-corrected chi connectivity index (χ2v) is 5.32. The van der Waals surface area contributed by atoms with Crippen molar-refractivity contribution in [2.24, 2.45) is 5.73 Å². The topological polar surface area (TPSA) is 64.8 Å². The Morgan fingerprint density at radius 1 is 1.50 bits per heavy atom. The van der Waals surface area contributed by atoms with E-state index in [1.807, 2.05) is 24.3 Å². The van der Waals surface area contributed by atoms with Gasteiger partial charge in [0.2, 0.25) is 0 Å². The lowest BCUT2D eigenvalue weighted by molar-refractivity contribution is -0.146. The number of ether oxygens (including phenoxy) is 2. The molecule has 1 aliphatic heterocycles. The van der Waals surface area contributed by atoms with Crippen LogP contribution < -0.4 is 15.4 Å². The summed E-state index contributed by atoms with van der Waals surface area (Å²) in [5, 5.41) is 0. The maximum atomic E-state index is 11.6. The molecule has 0 aliphatic carbocycles. The zero-order valence-corrected chi connectivity index (χ0v) is 12.1. The van der Waals surface area contributed by atoms with Crippen molar-refractivity contribution in [3.8, 4) is 5.75 Å². The molecule has 1 heterocycles. The molecule has 2 rings (SSSR count). The third-order valence-corrected chi connectivity index (χ3v) is 3.59. The third kappa shape index (κ3) is 3.22. The van der Waals surface area contributed by atoms with Crippen molar-refractivity contribution in [1.29, 1.82) is 0 Å². The first-order valence-corrected chi connectivity index (χ1v) is 6.88. The summed E-state index contributed by atoms with van der Waals surface area (Å²) in [5.74, 6) is 0.513. The maximum absolute atomic E-state index is 11.6. The van der Waals surface area contributed by atoms with Crippen LogP contribution >= 0.6 is 0 Å². The standard InChI is InChI=1S/C15H22N2O3/c1-15(16,14(18)19-2)8-10-17-9-5-11-20-13-7-4-3-6-12(13)17/h3-4,6-7H,5,8-11,16H2,1-2H3. The van der Waals surface area contributed by atoms with E-state index in [1.54, 1.807) is 6.92 Å². The summed E-state index contributed by atoms with van der Waals surface area (Å²) in [6.45, 7) is 4.01. The van der Waals surface area contributed by atoms with Crippen molar-refractivity contribution in [2.75, 3.05) is 31.7 Å². The van der Waals surface area contributed by atoms with Gasteiger partial charge in [-0.2, -0.15) is 0 Å². The van der Waals surface area contributed by atoms with Crippen LogP contribution in [-0.2, 0) is 9.53 Å². The Balaban J connectivity index is 2.08. The summed E-state index contributed by atoms with van der Waals surface area (Å²) in [6, 6.07) is 7.95. The van der Waals surface area contributed by atoms with Crippen molar-refractivity contribution in [3.05, 3.63) is 24.3 Å². The molecule has 0 aromatic heterocycles. The molecule has 0 amide bonds. The normalized spacial score (nSPS) is 17.4. The smallest absolute Gasteiger partial charge is 0.325 e.